The molecule has 0 bridgehead atoms. The lowest BCUT2D eigenvalue weighted by Crippen LogP contribution is -1.97. The second kappa shape index (κ2) is 5.57. The summed E-state index contributed by atoms with van der Waals surface area (Å²) in [4.78, 5) is 9.06. The van der Waals surface area contributed by atoms with Gasteiger partial charge in [-0.1, -0.05) is 48.0 Å². The molecule has 23 heavy (non-hydrogen) atoms. The molecule has 4 aromatic rings. The largest absolute Gasteiger partial charge is 0.339 e. The number of nitrogens with one attached hydrogen (secondary N) is 1. The first kappa shape index (κ1) is 13.5. The number of para-hydroxylation sites is 1. The number of aryl methyl sites for hydroxylation is 1. The number of rotatable bonds is 3. The molecule has 2 heterocycles. The summed E-state index contributed by atoms with van der Waals surface area (Å²) in [5, 5.41) is 3.47. The Morgan fingerprint density at radius 2 is 1.70 bits per heavy atom. The van der Waals surface area contributed by atoms with Crippen molar-refractivity contribution >= 4 is 17.3 Å². The maximum absolute atomic E-state index is 4.70. The molecule has 0 saturated heterocycles. The first-order chi connectivity index (χ1) is 11.3. The minimum atomic E-state index is 0.682. The van der Waals surface area contributed by atoms with Gasteiger partial charge in [0.15, 0.2) is 0 Å². The lowest BCUT2D eigenvalue weighted by atomic mass is 10.1. The van der Waals surface area contributed by atoms with Crippen molar-refractivity contribution in [1.29, 1.82) is 0 Å². The molecule has 2 aromatic heterocycles. The highest BCUT2D eigenvalue weighted by Gasteiger charge is 2.14. The molecule has 0 unspecified atom stereocenters. The van der Waals surface area contributed by atoms with Gasteiger partial charge in [0.2, 0.25) is 5.78 Å². The van der Waals surface area contributed by atoms with Gasteiger partial charge >= 0.3 is 0 Å². The highest BCUT2D eigenvalue weighted by Crippen LogP contribution is 2.30. The van der Waals surface area contributed by atoms with E-state index in [9.17, 15) is 0 Å². The predicted octanol–water partition coefficient (Wildman–Crippen LogP) is 4.45. The quantitative estimate of drug-likeness (QED) is 0.608. The third-order valence-electron chi connectivity index (χ3n) is 3.77. The molecule has 1 N–H and O–H groups in total. The van der Waals surface area contributed by atoms with Crippen LogP contribution in [0.5, 0.6) is 0 Å². The summed E-state index contributed by atoms with van der Waals surface area (Å²) in [6.45, 7) is 2.08. The first-order valence-corrected chi connectivity index (χ1v) is 7.53. The number of hydrogen-bond acceptors (Lipinski definition) is 3. The molecule has 2 aromatic carbocycles. The van der Waals surface area contributed by atoms with Crippen LogP contribution >= 0.6 is 0 Å². The monoisotopic (exact) mass is 300 g/mol. The Kier molecular flexibility index (Phi) is 3.27. The summed E-state index contributed by atoms with van der Waals surface area (Å²) in [7, 11) is 0. The van der Waals surface area contributed by atoms with E-state index in [1.54, 1.807) is 6.20 Å². The molecule has 0 atom stereocenters. The molecule has 112 valence electrons. The van der Waals surface area contributed by atoms with Gasteiger partial charge < -0.3 is 5.32 Å². The fourth-order valence-corrected chi connectivity index (χ4v) is 2.58. The summed E-state index contributed by atoms with van der Waals surface area (Å²) in [5.74, 6) is 1.60. The van der Waals surface area contributed by atoms with E-state index >= 15 is 0 Å². The molecule has 0 fully saturated rings. The second-order valence-electron chi connectivity index (χ2n) is 5.46. The molecule has 0 aliphatic carbocycles. The Labute approximate surface area is 134 Å². The van der Waals surface area contributed by atoms with E-state index in [1.807, 2.05) is 47.0 Å². The molecule has 4 heteroatoms. The van der Waals surface area contributed by atoms with Crippen LogP contribution in [0.15, 0.2) is 73.1 Å². The van der Waals surface area contributed by atoms with Gasteiger partial charge in [-0.15, -0.1) is 0 Å². The van der Waals surface area contributed by atoms with Crippen LogP contribution in [0.1, 0.15) is 5.56 Å². The minimum Gasteiger partial charge on any atom is -0.339 e. The minimum absolute atomic E-state index is 0.682. The summed E-state index contributed by atoms with van der Waals surface area (Å²) in [6.07, 6.45) is 3.73. The average molecular weight is 300 g/mol. The Morgan fingerprint density at radius 3 is 2.48 bits per heavy atom. The molecule has 4 rings (SSSR count). The van der Waals surface area contributed by atoms with Gasteiger partial charge in [0.25, 0.3) is 0 Å². The van der Waals surface area contributed by atoms with Crippen LogP contribution in [0.4, 0.5) is 11.5 Å². The topological polar surface area (TPSA) is 42.2 Å². The van der Waals surface area contributed by atoms with Crippen LogP contribution in [0.25, 0.3) is 17.0 Å². The first-order valence-electron chi connectivity index (χ1n) is 7.53. The Hall–Kier alpha value is -3.14. The summed E-state index contributed by atoms with van der Waals surface area (Å²) >= 11 is 0. The Balaban J connectivity index is 1.89. The van der Waals surface area contributed by atoms with Crippen molar-refractivity contribution < 1.29 is 0 Å². The van der Waals surface area contributed by atoms with Gasteiger partial charge in [-0.25, -0.2) is 9.97 Å². The molecular weight excluding hydrogens is 284 g/mol. The number of hydrogen-bond donors (Lipinski definition) is 1. The van der Waals surface area contributed by atoms with E-state index in [2.05, 4.69) is 41.5 Å². The number of aromatic nitrogens is 3. The normalized spacial score (nSPS) is 10.8. The van der Waals surface area contributed by atoms with E-state index in [0.29, 0.717) is 5.78 Å². The standard InChI is InChI=1S/C19H16N4/c1-14-8-10-15(11-9-14)17-18(21-16-6-3-2-4-7-16)23-13-5-12-20-19(23)22-17/h2-13,21H,1H3. The molecule has 0 saturated carbocycles. The molecule has 0 amide bonds. The molecule has 0 aliphatic rings. The van der Waals surface area contributed by atoms with Crippen LogP contribution in [-0.4, -0.2) is 14.4 Å². The van der Waals surface area contributed by atoms with Gasteiger partial charge in [-0.05, 0) is 25.1 Å². The number of benzene rings is 2. The summed E-state index contributed by atoms with van der Waals surface area (Å²) < 4.78 is 1.97. The highest BCUT2D eigenvalue weighted by atomic mass is 15.2. The van der Waals surface area contributed by atoms with E-state index in [1.165, 1.54) is 5.56 Å². The van der Waals surface area contributed by atoms with Crippen molar-refractivity contribution in [2.75, 3.05) is 5.32 Å². The predicted molar refractivity (Wildman–Crippen MR) is 92.9 cm³/mol. The van der Waals surface area contributed by atoms with Gasteiger partial charge in [0, 0.05) is 23.6 Å². The van der Waals surface area contributed by atoms with Gasteiger partial charge in [-0.3, -0.25) is 4.40 Å². The molecule has 0 aliphatic heterocycles. The lowest BCUT2D eigenvalue weighted by molar-refractivity contribution is 1.11. The molecular formula is C19H16N4. The zero-order valence-corrected chi connectivity index (χ0v) is 12.8. The number of anilines is 2. The SMILES string of the molecule is Cc1ccc(-c2nc3ncccn3c2Nc2ccccc2)cc1. The Morgan fingerprint density at radius 1 is 0.913 bits per heavy atom. The Bertz CT molecular complexity index is 940. The van der Waals surface area contributed by atoms with E-state index in [-0.39, 0.29) is 0 Å². The molecule has 0 radical (unpaired) electrons. The zero-order chi connectivity index (χ0) is 15.6. The van der Waals surface area contributed by atoms with Crippen molar-refractivity contribution in [3.05, 3.63) is 78.6 Å². The summed E-state index contributed by atoms with van der Waals surface area (Å²) in [5.41, 5.74) is 4.21. The fraction of sp³-hybridized carbons (Fsp3) is 0.0526. The number of fused-ring (bicyclic) bond motifs is 1. The van der Waals surface area contributed by atoms with Crippen LogP contribution in [0.2, 0.25) is 0 Å². The van der Waals surface area contributed by atoms with Crippen molar-refractivity contribution in [3.8, 4) is 11.3 Å². The summed E-state index contributed by atoms with van der Waals surface area (Å²) in [6, 6.07) is 20.4. The van der Waals surface area contributed by atoms with Crippen LogP contribution in [0.3, 0.4) is 0 Å². The van der Waals surface area contributed by atoms with Crippen molar-refractivity contribution in [2.24, 2.45) is 0 Å². The lowest BCUT2D eigenvalue weighted by Gasteiger charge is -2.08. The van der Waals surface area contributed by atoms with Gasteiger partial charge in [-0.2, -0.15) is 0 Å². The third-order valence-corrected chi connectivity index (χ3v) is 3.77. The van der Waals surface area contributed by atoms with Gasteiger partial charge in [0.1, 0.15) is 11.5 Å². The third kappa shape index (κ3) is 2.55. The zero-order valence-electron chi connectivity index (χ0n) is 12.8. The van der Waals surface area contributed by atoms with E-state index in [0.717, 1.165) is 22.8 Å². The van der Waals surface area contributed by atoms with Crippen molar-refractivity contribution in [1.82, 2.24) is 14.4 Å². The van der Waals surface area contributed by atoms with Crippen molar-refractivity contribution in [3.63, 3.8) is 0 Å². The van der Waals surface area contributed by atoms with Crippen LogP contribution < -0.4 is 5.32 Å². The van der Waals surface area contributed by atoms with E-state index in [4.69, 9.17) is 4.98 Å². The second-order valence-corrected chi connectivity index (χ2v) is 5.46. The van der Waals surface area contributed by atoms with E-state index < -0.39 is 0 Å². The number of nitrogens with zero attached hydrogens (tertiary/aromatic N) is 3. The fourth-order valence-electron chi connectivity index (χ4n) is 2.58. The highest BCUT2D eigenvalue weighted by molar-refractivity contribution is 5.78. The molecule has 0 spiro atoms. The van der Waals surface area contributed by atoms with Gasteiger partial charge in [0.05, 0.1) is 0 Å². The van der Waals surface area contributed by atoms with Crippen LogP contribution in [0, 0.1) is 6.92 Å². The molecule has 4 nitrogen and oxygen atoms in total. The van der Waals surface area contributed by atoms with Crippen LogP contribution in [-0.2, 0) is 0 Å². The average Bonchev–Trinajstić information content (AvgIpc) is 2.95. The maximum Gasteiger partial charge on any atom is 0.235 e. The maximum atomic E-state index is 4.70. The smallest absolute Gasteiger partial charge is 0.235 e. The number of imidazole rings is 1. The van der Waals surface area contributed by atoms with Crippen molar-refractivity contribution in [2.45, 2.75) is 6.92 Å².